The molecule has 0 aromatic heterocycles. The summed E-state index contributed by atoms with van der Waals surface area (Å²) in [6.07, 6.45) is 3.82. The molecule has 9 heavy (non-hydrogen) atoms. The van der Waals surface area contributed by atoms with E-state index in [1.807, 2.05) is 0 Å². The lowest BCUT2D eigenvalue weighted by atomic mass is 10.1. The minimum absolute atomic E-state index is 0. The van der Waals surface area contributed by atoms with Crippen LogP contribution in [0.3, 0.4) is 0 Å². The maximum Gasteiger partial charge on any atom is 0.0143 e. The highest BCUT2D eigenvalue weighted by Crippen LogP contribution is 2.06. The lowest BCUT2D eigenvalue weighted by Gasteiger charge is -2.13. The van der Waals surface area contributed by atoms with Gasteiger partial charge in [0.15, 0.2) is 0 Å². The van der Waals surface area contributed by atoms with Crippen molar-refractivity contribution in [1.82, 2.24) is 5.32 Å². The third-order valence-corrected chi connectivity index (χ3v) is 1.28. The fourth-order valence-electron chi connectivity index (χ4n) is 0.817. The molecule has 0 aliphatic carbocycles. The Morgan fingerprint density at radius 1 is 1.22 bits per heavy atom. The molecule has 1 aliphatic rings. The first-order valence-electron chi connectivity index (χ1n) is 2.81. The minimum atomic E-state index is 0. The quantitative estimate of drug-likeness (QED) is 0.587. The van der Waals surface area contributed by atoms with E-state index in [2.05, 4.69) is 11.9 Å². The normalized spacial score (nSPS) is 16.7. The van der Waals surface area contributed by atoms with Crippen LogP contribution >= 0.6 is 24.8 Å². The largest absolute Gasteiger partial charge is 0.389 e. The zero-order valence-electron chi connectivity index (χ0n) is 5.35. The summed E-state index contributed by atoms with van der Waals surface area (Å²) in [6, 6.07) is 0. The first-order chi connectivity index (χ1) is 3.39. The molecule has 0 atom stereocenters. The fourth-order valence-corrected chi connectivity index (χ4v) is 0.817. The van der Waals surface area contributed by atoms with Crippen molar-refractivity contribution < 1.29 is 0 Å². The van der Waals surface area contributed by atoms with Gasteiger partial charge in [-0.05, 0) is 19.3 Å². The molecule has 56 valence electrons. The molecule has 3 heteroatoms. The van der Waals surface area contributed by atoms with Gasteiger partial charge < -0.3 is 5.32 Å². The van der Waals surface area contributed by atoms with Crippen LogP contribution in [0.5, 0.6) is 0 Å². The Labute approximate surface area is 68.7 Å². The van der Waals surface area contributed by atoms with Gasteiger partial charge in [-0.25, -0.2) is 0 Å². The summed E-state index contributed by atoms with van der Waals surface area (Å²) in [6.45, 7) is 4.94. The van der Waals surface area contributed by atoms with E-state index in [1.165, 1.54) is 25.0 Å². The van der Waals surface area contributed by atoms with Crippen LogP contribution in [0.2, 0.25) is 0 Å². The summed E-state index contributed by atoms with van der Waals surface area (Å²) >= 11 is 0. The predicted molar refractivity (Wildman–Crippen MR) is 45.5 cm³/mol. The highest BCUT2D eigenvalue weighted by molar-refractivity contribution is 5.85. The molecule has 0 spiro atoms. The van der Waals surface area contributed by atoms with Crippen molar-refractivity contribution in [3.05, 3.63) is 12.3 Å². The zero-order chi connectivity index (χ0) is 5.11. The Balaban J connectivity index is 0. The lowest BCUT2D eigenvalue weighted by Crippen LogP contribution is -2.18. The van der Waals surface area contributed by atoms with Crippen molar-refractivity contribution in [1.29, 1.82) is 0 Å². The molecule has 0 saturated carbocycles. The van der Waals surface area contributed by atoms with Gasteiger partial charge in [-0.15, -0.1) is 24.8 Å². The maximum absolute atomic E-state index is 3.80. The predicted octanol–water partition coefficient (Wildman–Crippen LogP) is 2.12. The number of hydrogen-bond acceptors (Lipinski definition) is 1. The van der Waals surface area contributed by atoms with E-state index < -0.39 is 0 Å². The molecule has 1 N–H and O–H groups in total. The van der Waals surface area contributed by atoms with Crippen LogP contribution in [0.25, 0.3) is 0 Å². The highest BCUT2D eigenvalue weighted by atomic mass is 35.5. The Hall–Kier alpha value is 0.120. The third kappa shape index (κ3) is 4.61. The molecule has 0 aromatic rings. The van der Waals surface area contributed by atoms with Crippen LogP contribution in [-0.4, -0.2) is 6.54 Å². The summed E-state index contributed by atoms with van der Waals surface area (Å²) in [5, 5.41) is 3.19. The average molecular weight is 170 g/mol. The molecule has 1 rings (SSSR count). The Kier molecular flexibility index (Phi) is 8.23. The Bertz CT molecular complexity index is 75.1. The first kappa shape index (κ1) is 11.9. The van der Waals surface area contributed by atoms with Gasteiger partial charge in [-0.2, -0.15) is 0 Å². The van der Waals surface area contributed by atoms with Crippen LogP contribution < -0.4 is 5.32 Å². The summed E-state index contributed by atoms with van der Waals surface area (Å²) in [5.74, 6) is 0. The number of hydrogen-bond donors (Lipinski definition) is 1. The van der Waals surface area contributed by atoms with Crippen molar-refractivity contribution in [3.63, 3.8) is 0 Å². The number of allylic oxidation sites excluding steroid dienone is 1. The number of nitrogens with one attached hydrogen (secondary N) is 1. The van der Waals surface area contributed by atoms with Gasteiger partial charge in [0.05, 0.1) is 0 Å². The summed E-state index contributed by atoms with van der Waals surface area (Å²) in [4.78, 5) is 0. The van der Waals surface area contributed by atoms with E-state index in [-0.39, 0.29) is 24.8 Å². The third-order valence-electron chi connectivity index (χ3n) is 1.28. The molecule has 0 unspecified atom stereocenters. The van der Waals surface area contributed by atoms with Crippen molar-refractivity contribution in [2.45, 2.75) is 19.3 Å². The molecule has 1 nitrogen and oxygen atoms in total. The SMILES string of the molecule is C=C1CCCCN1.Cl.Cl. The van der Waals surface area contributed by atoms with Gasteiger partial charge in [0.2, 0.25) is 0 Å². The zero-order valence-corrected chi connectivity index (χ0v) is 6.99. The van der Waals surface area contributed by atoms with Crippen molar-refractivity contribution in [3.8, 4) is 0 Å². The second kappa shape index (κ2) is 6.24. The number of piperidine rings is 1. The van der Waals surface area contributed by atoms with Crippen molar-refractivity contribution in [2.75, 3.05) is 6.54 Å². The molecule has 1 aliphatic heterocycles. The molecule has 0 amide bonds. The van der Waals surface area contributed by atoms with Gasteiger partial charge in [0.1, 0.15) is 0 Å². The second-order valence-electron chi connectivity index (χ2n) is 1.99. The van der Waals surface area contributed by atoms with E-state index in [1.54, 1.807) is 0 Å². The number of halogens is 2. The number of rotatable bonds is 0. The molecule has 1 saturated heterocycles. The standard InChI is InChI=1S/C6H11N.2ClH/c1-6-4-2-3-5-7-6;;/h7H,1-5H2;2*1H. The van der Waals surface area contributed by atoms with Crippen LogP contribution in [-0.2, 0) is 0 Å². The van der Waals surface area contributed by atoms with Gasteiger partial charge in [-0.3, -0.25) is 0 Å². The molecule has 0 aromatic carbocycles. The maximum atomic E-state index is 3.80. The van der Waals surface area contributed by atoms with E-state index in [4.69, 9.17) is 0 Å². The summed E-state index contributed by atoms with van der Waals surface area (Å²) < 4.78 is 0. The Morgan fingerprint density at radius 3 is 2.11 bits per heavy atom. The van der Waals surface area contributed by atoms with Gasteiger partial charge in [0, 0.05) is 12.2 Å². The first-order valence-corrected chi connectivity index (χ1v) is 2.81. The Morgan fingerprint density at radius 2 is 1.89 bits per heavy atom. The highest BCUT2D eigenvalue weighted by Gasteiger charge is 1.98. The molecular formula is C6H13Cl2N. The van der Waals surface area contributed by atoms with Crippen LogP contribution in [0.1, 0.15) is 19.3 Å². The summed E-state index contributed by atoms with van der Waals surface area (Å²) in [7, 11) is 0. The van der Waals surface area contributed by atoms with Crippen molar-refractivity contribution >= 4 is 24.8 Å². The van der Waals surface area contributed by atoms with Gasteiger partial charge in [-0.1, -0.05) is 6.58 Å². The van der Waals surface area contributed by atoms with E-state index in [0.29, 0.717) is 0 Å². The van der Waals surface area contributed by atoms with Gasteiger partial charge in [0.25, 0.3) is 0 Å². The molecule has 1 fully saturated rings. The average Bonchev–Trinajstić information content (AvgIpc) is 1.69. The van der Waals surface area contributed by atoms with Crippen molar-refractivity contribution in [2.24, 2.45) is 0 Å². The second-order valence-corrected chi connectivity index (χ2v) is 1.99. The van der Waals surface area contributed by atoms with Crippen LogP contribution in [0, 0.1) is 0 Å². The van der Waals surface area contributed by atoms with E-state index in [0.717, 1.165) is 6.54 Å². The monoisotopic (exact) mass is 169 g/mol. The molecule has 0 radical (unpaired) electrons. The minimum Gasteiger partial charge on any atom is -0.389 e. The molecule has 0 bridgehead atoms. The molecule has 1 heterocycles. The molecular weight excluding hydrogens is 157 g/mol. The topological polar surface area (TPSA) is 12.0 Å². The smallest absolute Gasteiger partial charge is 0.0143 e. The van der Waals surface area contributed by atoms with Gasteiger partial charge >= 0.3 is 0 Å². The lowest BCUT2D eigenvalue weighted by molar-refractivity contribution is 0.590. The van der Waals surface area contributed by atoms with E-state index in [9.17, 15) is 0 Å². The van der Waals surface area contributed by atoms with Crippen LogP contribution in [0.4, 0.5) is 0 Å². The summed E-state index contributed by atoms with van der Waals surface area (Å²) in [5.41, 5.74) is 1.21. The fraction of sp³-hybridized carbons (Fsp3) is 0.667. The van der Waals surface area contributed by atoms with Crippen LogP contribution in [0.15, 0.2) is 12.3 Å². The van der Waals surface area contributed by atoms with E-state index >= 15 is 0 Å².